The third kappa shape index (κ3) is 5.92. The maximum atomic E-state index is 12.6. The largest absolute Gasteiger partial charge is 0.477 e. The van der Waals surface area contributed by atoms with Crippen molar-refractivity contribution in [3.05, 3.63) is 52.6 Å². The summed E-state index contributed by atoms with van der Waals surface area (Å²) in [5.41, 5.74) is 0.982. The Morgan fingerprint density at radius 3 is 2.23 bits per heavy atom. The number of hydrogen-bond acceptors (Lipinski definition) is 7. The first-order valence-electron chi connectivity index (χ1n) is 9.58. The summed E-state index contributed by atoms with van der Waals surface area (Å²) in [6.07, 6.45) is 0. The average Bonchev–Trinajstić information content (AvgIpc) is 2.73. The molecular formula is C20H26N4O6S. The Balaban J connectivity index is 2.14. The first-order valence-corrected chi connectivity index (χ1v) is 11.0. The van der Waals surface area contributed by atoms with Crippen LogP contribution in [0.25, 0.3) is 0 Å². The number of nitro benzene ring substituents is 1. The molecule has 2 aromatic carbocycles. The second kappa shape index (κ2) is 10.2. The van der Waals surface area contributed by atoms with E-state index in [0.717, 1.165) is 11.8 Å². The molecule has 31 heavy (non-hydrogen) atoms. The lowest BCUT2D eigenvalue weighted by atomic mass is 10.2. The molecule has 2 aromatic rings. The molecule has 1 N–H and O–H groups in total. The van der Waals surface area contributed by atoms with Gasteiger partial charge in [-0.2, -0.15) is 4.31 Å². The molecule has 0 atom stereocenters. The van der Waals surface area contributed by atoms with Gasteiger partial charge in [0.1, 0.15) is 0 Å². The van der Waals surface area contributed by atoms with Crippen molar-refractivity contribution in [3.8, 4) is 5.75 Å². The fourth-order valence-corrected chi connectivity index (χ4v) is 4.30. The van der Waals surface area contributed by atoms with E-state index in [4.69, 9.17) is 4.74 Å². The van der Waals surface area contributed by atoms with Gasteiger partial charge < -0.3 is 15.0 Å². The van der Waals surface area contributed by atoms with Gasteiger partial charge in [-0.3, -0.25) is 14.9 Å². The number of hydrogen-bond donors (Lipinski definition) is 1. The maximum Gasteiger partial charge on any atom is 0.312 e. The fourth-order valence-electron chi connectivity index (χ4n) is 2.82. The minimum Gasteiger partial charge on any atom is -0.477 e. The van der Waals surface area contributed by atoms with E-state index in [1.165, 1.54) is 16.4 Å². The number of nitro groups is 1. The van der Waals surface area contributed by atoms with E-state index in [2.05, 4.69) is 5.32 Å². The van der Waals surface area contributed by atoms with Gasteiger partial charge >= 0.3 is 5.69 Å². The van der Waals surface area contributed by atoms with E-state index in [9.17, 15) is 23.3 Å². The van der Waals surface area contributed by atoms with E-state index in [1.807, 2.05) is 31.1 Å². The third-order valence-corrected chi connectivity index (χ3v) is 6.54. The highest BCUT2D eigenvalue weighted by Crippen LogP contribution is 2.31. The molecule has 2 rings (SSSR count). The molecule has 1 amide bonds. The summed E-state index contributed by atoms with van der Waals surface area (Å²) in [6.45, 7) is 3.36. The van der Waals surface area contributed by atoms with E-state index in [-0.39, 0.29) is 23.7 Å². The number of ether oxygens (including phenoxy) is 1. The van der Waals surface area contributed by atoms with Gasteiger partial charge in [0.25, 0.3) is 5.91 Å². The third-order valence-electron chi connectivity index (χ3n) is 4.50. The van der Waals surface area contributed by atoms with Crippen LogP contribution in [0.2, 0.25) is 0 Å². The second-order valence-corrected chi connectivity index (χ2v) is 8.69. The molecule has 11 heteroatoms. The van der Waals surface area contributed by atoms with Crippen LogP contribution < -0.4 is 15.0 Å². The molecule has 0 aromatic heterocycles. The van der Waals surface area contributed by atoms with Crippen molar-refractivity contribution in [3.63, 3.8) is 0 Å². The molecule has 0 aliphatic carbocycles. The summed E-state index contributed by atoms with van der Waals surface area (Å²) < 4.78 is 31.7. The van der Waals surface area contributed by atoms with Crippen LogP contribution in [0.5, 0.6) is 5.75 Å². The predicted octanol–water partition coefficient (Wildman–Crippen LogP) is 2.71. The van der Waals surface area contributed by atoms with E-state index in [1.54, 1.807) is 26.0 Å². The zero-order valence-electron chi connectivity index (χ0n) is 17.9. The first kappa shape index (κ1) is 24.1. The highest BCUT2D eigenvalue weighted by molar-refractivity contribution is 7.89. The number of sulfonamides is 1. The molecule has 0 saturated carbocycles. The average molecular weight is 451 g/mol. The highest BCUT2D eigenvalue weighted by Gasteiger charge is 2.26. The summed E-state index contributed by atoms with van der Waals surface area (Å²) >= 11 is 0. The van der Waals surface area contributed by atoms with Crippen LogP contribution in [0.1, 0.15) is 13.8 Å². The summed E-state index contributed by atoms with van der Waals surface area (Å²) in [5, 5.41) is 14.1. The zero-order chi connectivity index (χ0) is 23.2. The number of carbonyl (C=O) groups excluding carboxylic acids is 1. The molecule has 0 unspecified atom stereocenters. The molecule has 0 fully saturated rings. The van der Waals surface area contributed by atoms with Gasteiger partial charge in [-0.05, 0) is 36.4 Å². The lowest BCUT2D eigenvalue weighted by molar-refractivity contribution is -0.386. The number of amides is 1. The van der Waals surface area contributed by atoms with Crippen molar-refractivity contribution in [1.82, 2.24) is 4.31 Å². The molecule has 0 aliphatic rings. The van der Waals surface area contributed by atoms with Crippen molar-refractivity contribution in [1.29, 1.82) is 0 Å². The normalized spacial score (nSPS) is 11.3. The van der Waals surface area contributed by atoms with Crippen LogP contribution in [0.3, 0.4) is 0 Å². The summed E-state index contributed by atoms with van der Waals surface area (Å²) in [4.78, 5) is 24.6. The van der Waals surface area contributed by atoms with Gasteiger partial charge in [0.15, 0.2) is 12.4 Å². The molecular weight excluding hydrogens is 424 g/mol. The topological polar surface area (TPSA) is 122 Å². The van der Waals surface area contributed by atoms with Crippen molar-refractivity contribution in [2.24, 2.45) is 0 Å². The maximum absolute atomic E-state index is 12.6. The molecule has 0 spiro atoms. The lowest BCUT2D eigenvalue weighted by Crippen LogP contribution is -2.30. The van der Waals surface area contributed by atoms with Crippen LogP contribution >= 0.6 is 0 Å². The Hall–Kier alpha value is -3.18. The molecule has 0 bridgehead atoms. The minimum absolute atomic E-state index is 0.193. The SMILES string of the molecule is CCN(CC)S(=O)(=O)c1ccc(OCC(=O)Nc2ccc(N(C)C)cc2)c([N+](=O)[O-])c1. The summed E-state index contributed by atoms with van der Waals surface area (Å²) in [7, 11) is -0.0737. The summed E-state index contributed by atoms with van der Waals surface area (Å²) in [6, 6.07) is 10.5. The van der Waals surface area contributed by atoms with Crippen LogP contribution in [0.15, 0.2) is 47.4 Å². The van der Waals surface area contributed by atoms with Crippen molar-refractivity contribution in [2.75, 3.05) is 44.0 Å². The van der Waals surface area contributed by atoms with Crippen molar-refractivity contribution >= 4 is 33.0 Å². The van der Waals surface area contributed by atoms with Gasteiger partial charge in [-0.25, -0.2) is 8.42 Å². The van der Waals surface area contributed by atoms with Crippen LogP contribution in [0, 0.1) is 10.1 Å². The van der Waals surface area contributed by atoms with Gasteiger partial charge in [-0.1, -0.05) is 13.8 Å². The van der Waals surface area contributed by atoms with E-state index in [0.29, 0.717) is 5.69 Å². The second-order valence-electron chi connectivity index (χ2n) is 6.75. The minimum atomic E-state index is -3.87. The van der Waals surface area contributed by atoms with E-state index < -0.39 is 33.1 Å². The van der Waals surface area contributed by atoms with Gasteiger partial charge in [-0.15, -0.1) is 0 Å². The molecule has 168 valence electrons. The van der Waals surface area contributed by atoms with Crippen LogP contribution in [-0.4, -0.2) is 57.3 Å². The van der Waals surface area contributed by atoms with E-state index >= 15 is 0 Å². The number of nitrogens with one attached hydrogen (secondary N) is 1. The van der Waals surface area contributed by atoms with Crippen LogP contribution in [-0.2, 0) is 14.8 Å². The predicted molar refractivity (Wildman–Crippen MR) is 118 cm³/mol. The number of nitrogens with zero attached hydrogens (tertiary/aromatic N) is 3. The Kier molecular flexibility index (Phi) is 7.95. The highest BCUT2D eigenvalue weighted by atomic mass is 32.2. The number of benzene rings is 2. The smallest absolute Gasteiger partial charge is 0.312 e. The quantitative estimate of drug-likeness (QED) is 0.436. The lowest BCUT2D eigenvalue weighted by Gasteiger charge is -2.18. The Morgan fingerprint density at radius 1 is 1.10 bits per heavy atom. The van der Waals surface area contributed by atoms with Gasteiger partial charge in [0.2, 0.25) is 10.0 Å². The molecule has 10 nitrogen and oxygen atoms in total. The first-order chi connectivity index (χ1) is 14.6. The Bertz CT molecular complexity index is 1030. The fraction of sp³-hybridized carbons (Fsp3) is 0.350. The number of carbonyl (C=O) groups is 1. The Morgan fingerprint density at radius 2 is 1.71 bits per heavy atom. The van der Waals surface area contributed by atoms with Gasteiger partial charge in [0.05, 0.1) is 9.82 Å². The standard InChI is InChI=1S/C20H26N4O6S/c1-5-23(6-2)31(28,29)17-11-12-19(18(13-17)24(26)27)30-14-20(25)21-15-7-9-16(10-8-15)22(3)4/h7-13H,5-6,14H2,1-4H3,(H,21,25). The number of rotatable bonds is 10. The zero-order valence-corrected chi connectivity index (χ0v) is 18.7. The molecule has 0 radical (unpaired) electrons. The van der Waals surface area contributed by atoms with Crippen LogP contribution in [0.4, 0.5) is 17.1 Å². The molecule has 0 aliphatic heterocycles. The molecule has 0 heterocycles. The van der Waals surface area contributed by atoms with Crippen molar-refractivity contribution < 1.29 is 22.9 Å². The van der Waals surface area contributed by atoms with Gasteiger partial charge in [0, 0.05) is 44.6 Å². The van der Waals surface area contributed by atoms with Crippen molar-refractivity contribution in [2.45, 2.75) is 18.7 Å². The monoisotopic (exact) mass is 450 g/mol. The summed E-state index contributed by atoms with van der Waals surface area (Å²) in [5.74, 6) is -0.701. The molecule has 0 saturated heterocycles. The number of anilines is 2. The Labute approximate surface area is 181 Å².